The number of amides is 3. The number of hydrogen-bond donors (Lipinski definition) is 0. The average molecular weight is 532 g/mol. The molecule has 2 atom stereocenters. The lowest BCUT2D eigenvalue weighted by Gasteiger charge is -2.53. The highest BCUT2D eigenvalue weighted by Gasteiger charge is 2.51. The molecule has 39 heavy (non-hydrogen) atoms. The Bertz CT molecular complexity index is 1270. The zero-order valence-electron chi connectivity index (χ0n) is 21.9. The van der Waals surface area contributed by atoms with Crippen molar-refractivity contribution in [2.24, 2.45) is 5.92 Å². The minimum absolute atomic E-state index is 0.0157. The Kier molecular flexibility index (Phi) is 6.97. The molecule has 1 aliphatic carbocycles. The number of nitrogens with zero attached hydrogens (tertiary/aromatic N) is 3. The number of Topliss-reactive ketones (excluding diaryl/α,β-unsaturated/α-hetero) is 1. The Morgan fingerprint density at radius 3 is 2.59 bits per heavy atom. The van der Waals surface area contributed by atoms with E-state index in [9.17, 15) is 19.2 Å². The molecular weight excluding hydrogens is 498 g/mol. The van der Waals surface area contributed by atoms with E-state index >= 15 is 0 Å². The van der Waals surface area contributed by atoms with Crippen LogP contribution in [0.3, 0.4) is 0 Å². The van der Waals surface area contributed by atoms with Gasteiger partial charge in [0.05, 0.1) is 12.1 Å². The maximum absolute atomic E-state index is 13.9. The third-order valence-corrected chi connectivity index (χ3v) is 8.44. The fraction of sp³-hybridized carbons (Fsp3) is 0.467. The standard InChI is InChI=1S/C30H33N3O6/c34-24-19-38-25-17-22(11-12-23(24)25)39-30(37)32-16-14-27(35)33-26(32)18-31(15-13-20-7-3-1-4-8-20)29(36)28(33)21-9-5-2-6-10-21/h1,3-4,7-8,11-12,17,21,26,28H,2,5-6,9-10,13-16,18-19H2/t26-,28+/m1/s1. The van der Waals surface area contributed by atoms with Crippen LogP contribution in [0.15, 0.2) is 48.5 Å². The summed E-state index contributed by atoms with van der Waals surface area (Å²) in [6.07, 6.45) is 4.69. The maximum Gasteiger partial charge on any atom is 0.416 e. The molecule has 2 saturated heterocycles. The lowest BCUT2D eigenvalue weighted by atomic mass is 9.81. The van der Waals surface area contributed by atoms with Gasteiger partial charge in [-0.1, -0.05) is 49.6 Å². The molecule has 3 amide bonds. The number of rotatable bonds is 5. The fourth-order valence-corrected chi connectivity index (χ4v) is 6.43. The van der Waals surface area contributed by atoms with Crippen LogP contribution in [0.25, 0.3) is 0 Å². The van der Waals surface area contributed by atoms with Crippen molar-refractivity contribution >= 4 is 23.7 Å². The third-order valence-electron chi connectivity index (χ3n) is 8.44. The summed E-state index contributed by atoms with van der Waals surface area (Å²) < 4.78 is 11.1. The first-order valence-corrected chi connectivity index (χ1v) is 13.9. The van der Waals surface area contributed by atoms with Crippen LogP contribution in [-0.4, -0.2) is 76.8 Å². The molecule has 4 aliphatic rings. The largest absolute Gasteiger partial charge is 0.485 e. The van der Waals surface area contributed by atoms with Crippen molar-refractivity contribution in [3.05, 3.63) is 59.7 Å². The van der Waals surface area contributed by atoms with E-state index in [0.717, 1.165) is 37.7 Å². The van der Waals surface area contributed by atoms with Crippen molar-refractivity contribution in [2.75, 3.05) is 26.2 Å². The summed E-state index contributed by atoms with van der Waals surface area (Å²) in [5.41, 5.74) is 1.61. The van der Waals surface area contributed by atoms with Gasteiger partial charge in [-0.05, 0) is 42.9 Å². The Morgan fingerprint density at radius 2 is 1.79 bits per heavy atom. The van der Waals surface area contributed by atoms with Crippen molar-refractivity contribution in [1.82, 2.24) is 14.7 Å². The second kappa shape index (κ2) is 10.7. The molecule has 0 bridgehead atoms. The van der Waals surface area contributed by atoms with E-state index in [-0.39, 0.29) is 55.4 Å². The summed E-state index contributed by atoms with van der Waals surface area (Å²) in [5, 5.41) is 0. The van der Waals surface area contributed by atoms with E-state index < -0.39 is 18.3 Å². The second-order valence-corrected chi connectivity index (χ2v) is 10.8. The molecule has 1 saturated carbocycles. The first-order valence-electron chi connectivity index (χ1n) is 13.9. The normalized spacial score (nSPS) is 23.4. The monoisotopic (exact) mass is 531 g/mol. The molecule has 3 fully saturated rings. The Morgan fingerprint density at radius 1 is 1.00 bits per heavy atom. The molecule has 6 rings (SSSR count). The molecule has 2 aromatic rings. The third kappa shape index (κ3) is 4.97. The molecule has 0 aromatic heterocycles. The van der Waals surface area contributed by atoms with Crippen molar-refractivity contribution in [3.8, 4) is 11.5 Å². The van der Waals surface area contributed by atoms with Gasteiger partial charge in [-0.3, -0.25) is 19.3 Å². The van der Waals surface area contributed by atoms with Gasteiger partial charge in [0.15, 0.2) is 6.61 Å². The van der Waals surface area contributed by atoms with Crippen LogP contribution in [0.2, 0.25) is 0 Å². The van der Waals surface area contributed by atoms with E-state index in [1.54, 1.807) is 28.0 Å². The van der Waals surface area contributed by atoms with E-state index in [4.69, 9.17) is 9.47 Å². The Balaban J connectivity index is 1.26. The van der Waals surface area contributed by atoms with Gasteiger partial charge in [0.1, 0.15) is 23.7 Å². The molecule has 3 aliphatic heterocycles. The predicted molar refractivity (Wildman–Crippen MR) is 141 cm³/mol. The summed E-state index contributed by atoms with van der Waals surface area (Å²) in [7, 11) is 0. The number of ether oxygens (including phenoxy) is 2. The van der Waals surface area contributed by atoms with Crippen LogP contribution >= 0.6 is 0 Å². The molecule has 204 valence electrons. The number of ketones is 1. The highest BCUT2D eigenvalue weighted by atomic mass is 16.6. The van der Waals surface area contributed by atoms with Gasteiger partial charge in [-0.25, -0.2) is 4.79 Å². The predicted octanol–water partition coefficient (Wildman–Crippen LogP) is 3.65. The van der Waals surface area contributed by atoms with E-state index in [2.05, 4.69) is 0 Å². The van der Waals surface area contributed by atoms with Gasteiger partial charge in [-0.15, -0.1) is 0 Å². The van der Waals surface area contributed by atoms with Crippen molar-refractivity contribution in [1.29, 1.82) is 0 Å². The zero-order valence-corrected chi connectivity index (χ0v) is 21.9. The molecule has 9 nitrogen and oxygen atoms in total. The van der Waals surface area contributed by atoms with Gasteiger partial charge in [-0.2, -0.15) is 0 Å². The van der Waals surface area contributed by atoms with Crippen LogP contribution in [0.4, 0.5) is 4.79 Å². The van der Waals surface area contributed by atoms with Gasteiger partial charge in [0.25, 0.3) is 0 Å². The number of fused-ring (bicyclic) bond motifs is 2. The fourth-order valence-electron chi connectivity index (χ4n) is 6.43. The van der Waals surface area contributed by atoms with Crippen LogP contribution in [0.1, 0.15) is 54.4 Å². The topological polar surface area (TPSA) is 96.5 Å². The molecule has 0 N–H and O–H groups in total. The molecule has 0 spiro atoms. The molecule has 2 aromatic carbocycles. The Labute approximate surface area is 227 Å². The molecule has 3 heterocycles. The molecule has 0 unspecified atom stereocenters. The smallest absolute Gasteiger partial charge is 0.416 e. The number of hydrogen-bond acceptors (Lipinski definition) is 6. The summed E-state index contributed by atoms with van der Waals surface area (Å²) >= 11 is 0. The number of carbonyl (C=O) groups is 4. The zero-order chi connectivity index (χ0) is 26.9. The van der Waals surface area contributed by atoms with Crippen molar-refractivity contribution in [2.45, 2.75) is 57.2 Å². The van der Waals surface area contributed by atoms with E-state index in [1.807, 2.05) is 35.2 Å². The number of piperazine rings is 1. The minimum atomic E-state index is -0.591. The van der Waals surface area contributed by atoms with Gasteiger partial charge >= 0.3 is 6.09 Å². The first-order chi connectivity index (χ1) is 19.0. The van der Waals surface area contributed by atoms with E-state index in [1.165, 1.54) is 0 Å². The number of benzene rings is 2. The van der Waals surface area contributed by atoms with Crippen LogP contribution < -0.4 is 9.47 Å². The first kappa shape index (κ1) is 25.4. The summed E-state index contributed by atoms with van der Waals surface area (Å²) in [6, 6.07) is 14.2. The van der Waals surface area contributed by atoms with Crippen molar-refractivity contribution in [3.63, 3.8) is 0 Å². The summed E-state index contributed by atoms with van der Waals surface area (Å²) in [5.74, 6) is 0.545. The summed E-state index contributed by atoms with van der Waals surface area (Å²) in [4.78, 5) is 57.7. The Hall–Kier alpha value is -3.88. The van der Waals surface area contributed by atoms with Gasteiger partial charge < -0.3 is 19.3 Å². The molecular formula is C30H33N3O6. The van der Waals surface area contributed by atoms with E-state index in [0.29, 0.717) is 24.3 Å². The molecule has 0 radical (unpaired) electrons. The van der Waals surface area contributed by atoms with Crippen molar-refractivity contribution < 1.29 is 28.7 Å². The van der Waals surface area contributed by atoms with Crippen LogP contribution in [-0.2, 0) is 16.0 Å². The van der Waals surface area contributed by atoms with Crippen LogP contribution in [0.5, 0.6) is 11.5 Å². The highest BCUT2D eigenvalue weighted by Crippen LogP contribution is 2.36. The quantitative estimate of drug-likeness (QED) is 0.585. The average Bonchev–Trinajstić information content (AvgIpc) is 3.33. The lowest BCUT2D eigenvalue weighted by molar-refractivity contribution is -0.171. The van der Waals surface area contributed by atoms with Crippen LogP contribution in [0, 0.1) is 5.92 Å². The number of carbonyl (C=O) groups excluding carboxylic acids is 4. The lowest BCUT2D eigenvalue weighted by Crippen LogP contribution is -2.73. The molecule has 9 heteroatoms. The SMILES string of the molecule is O=C1COc2cc(OC(=O)N3CCC(=O)N4[C@@H](C5CCCCC5)C(=O)N(CCc5ccccc5)C[C@H]34)ccc21. The van der Waals surface area contributed by atoms with Gasteiger partial charge in [0.2, 0.25) is 17.6 Å². The second-order valence-electron chi connectivity index (χ2n) is 10.8. The maximum atomic E-state index is 13.9. The summed E-state index contributed by atoms with van der Waals surface area (Å²) in [6.45, 7) is 0.964. The highest BCUT2D eigenvalue weighted by molar-refractivity contribution is 6.02. The minimum Gasteiger partial charge on any atom is -0.485 e. The van der Waals surface area contributed by atoms with Gasteiger partial charge in [0, 0.05) is 25.6 Å².